The SMILES string of the molecule is Cc1ccccc1NC(=O)C(C)OC(=O)c1ccc(S(=O)(=O)NC2CC2)cc1. The van der Waals surface area contributed by atoms with Crippen LogP contribution in [0.2, 0.25) is 0 Å². The van der Waals surface area contributed by atoms with E-state index in [1.165, 1.54) is 31.2 Å². The lowest BCUT2D eigenvalue weighted by Crippen LogP contribution is -2.30. The third-order valence-electron chi connectivity index (χ3n) is 4.36. The third-order valence-corrected chi connectivity index (χ3v) is 5.89. The molecular formula is C20H22N2O5S. The fourth-order valence-corrected chi connectivity index (χ4v) is 3.79. The molecule has 1 aliphatic rings. The first-order chi connectivity index (χ1) is 13.3. The fourth-order valence-electron chi connectivity index (χ4n) is 2.49. The minimum Gasteiger partial charge on any atom is -0.449 e. The lowest BCUT2D eigenvalue weighted by molar-refractivity contribution is -0.123. The molecule has 8 heteroatoms. The Balaban J connectivity index is 1.60. The van der Waals surface area contributed by atoms with Gasteiger partial charge in [-0.15, -0.1) is 0 Å². The van der Waals surface area contributed by atoms with Crippen LogP contribution in [-0.2, 0) is 19.6 Å². The van der Waals surface area contributed by atoms with E-state index in [4.69, 9.17) is 4.74 Å². The number of hydrogen-bond donors (Lipinski definition) is 2. The van der Waals surface area contributed by atoms with Gasteiger partial charge in [-0.1, -0.05) is 18.2 Å². The van der Waals surface area contributed by atoms with E-state index in [0.717, 1.165) is 18.4 Å². The van der Waals surface area contributed by atoms with Crippen LogP contribution < -0.4 is 10.0 Å². The molecule has 0 spiro atoms. The smallest absolute Gasteiger partial charge is 0.338 e. The monoisotopic (exact) mass is 402 g/mol. The van der Waals surface area contributed by atoms with Gasteiger partial charge in [0.25, 0.3) is 5.91 Å². The number of anilines is 1. The van der Waals surface area contributed by atoms with E-state index in [0.29, 0.717) is 5.69 Å². The molecular weight excluding hydrogens is 380 g/mol. The molecule has 28 heavy (non-hydrogen) atoms. The number of esters is 1. The van der Waals surface area contributed by atoms with Gasteiger partial charge in [0.15, 0.2) is 6.10 Å². The summed E-state index contributed by atoms with van der Waals surface area (Å²) in [5.41, 5.74) is 1.71. The molecule has 1 atom stereocenters. The molecule has 0 aromatic heterocycles. The second-order valence-electron chi connectivity index (χ2n) is 6.77. The number of sulfonamides is 1. The van der Waals surface area contributed by atoms with Crippen molar-refractivity contribution in [3.8, 4) is 0 Å². The number of nitrogens with one attached hydrogen (secondary N) is 2. The number of ether oxygens (including phenoxy) is 1. The van der Waals surface area contributed by atoms with Crippen molar-refractivity contribution in [1.29, 1.82) is 0 Å². The van der Waals surface area contributed by atoms with Crippen molar-refractivity contribution in [2.24, 2.45) is 0 Å². The minimum absolute atomic E-state index is 0.00209. The molecule has 1 fully saturated rings. The Morgan fingerprint density at radius 2 is 1.71 bits per heavy atom. The van der Waals surface area contributed by atoms with Gasteiger partial charge >= 0.3 is 5.97 Å². The highest BCUT2D eigenvalue weighted by atomic mass is 32.2. The molecule has 2 N–H and O–H groups in total. The maximum Gasteiger partial charge on any atom is 0.338 e. The maximum atomic E-state index is 12.3. The van der Waals surface area contributed by atoms with Crippen LogP contribution in [0.4, 0.5) is 5.69 Å². The summed E-state index contributed by atoms with van der Waals surface area (Å²) in [6.45, 7) is 3.34. The molecule has 7 nitrogen and oxygen atoms in total. The summed E-state index contributed by atoms with van der Waals surface area (Å²) >= 11 is 0. The molecule has 0 heterocycles. The van der Waals surface area contributed by atoms with Gasteiger partial charge in [-0.25, -0.2) is 17.9 Å². The van der Waals surface area contributed by atoms with Crippen molar-refractivity contribution in [3.05, 3.63) is 59.7 Å². The zero-order valence-corrected chi connectivity index (χ0v) is 16.5. The van der Waals surface area contributed by atoms with Crippen molar-refractivity contribution in [2.75, 3.05) is 5.32 Å². The van der Waals surface area contributed by atoms with Crippen molar-refractivity contribution < 1.29 is 22.7 Å². The van der Waals surface area contributed by atoms with E-state index in [9.17, 15) is 18.0 Å². The standard InChI is InChI=1S/C20H22N2O5S/c1-13-5-3-4-6-18(13)21-19(23)14(2)27-20(24)15-7-11-17(12-8-15)28(25,26)22-16-9-10-16/h3-8,11-12,14,16,22H,9-10H2,1-2H3,(H,21,23). The van der Waals surface area contributed by atoms with Gasteiger partial charge in [0, 0.05) is 11.7 Å². The normalized spacial score (nSPS) is 14.9. The van der Waals surface area contributed by atoms with Crippen molar-refractivity contribution in [2.45, 2.75) is 43.7 Å². The highest BCUT2D eigenvalue weighted by Gasteiger charge is 2.28. The van der Waals surface area contributed by atoms with Gasteiger partial charge in [-0.3, -0.25) is 4.79 Å². The molecule has 2 aromatic carbocycles. The van der Waals surface area contributed by atoms with Crippen LogP contribution in [0.5, 0.6) is 0 Å². The molecule has 1 saturated carbocycles. The second kappa shape index (κ2) is 8.12. The summed E-state index contributed by atoms with van der Waals surface area (Å²) in [6.07, 6.45) is 0.671. The Hall–Kier alpha value is -2.71. The highest BCUT2D eigenvalue weighted by Crippen LogP contribution is 2.22. The molecule has 2 aromatic rings. The predicted octanol–water partition coefficient (Wildman–Crippen LogP) is 2.62. The zero-order chi connectivity index (χ0) is 20.3. The molecule has 0 radical (unpaired) electrons. The Labute approximate surface area is 164 Å². The summed E-state index contributed by atoms with van der Waals surface area (Å²) in [5.74, 6) is -1.15. The number of benzene rings is 2. The first kappa shape index (κ1) is 20.0. The van der Waals surface area contributed by atoms with Crippen LogP contribution >= 0.6 is 0 Å². The Morgan fingerprint density at radius 3 is 2.32 bits per heavy atom. The quantitative estimate of drug-likeness (QED) is 0.693. The van der Waals surface area contributed by atoms with Crippen molar-refractivity contribution >= 4 is 27.6 Å². The average molecular weight is 402 g/mol. The van der Waals surface area contributed by atoms with Gasteiger partial charge in [-0.2, -0.15) is 0 Å². The minimum atomic E-state index is -3.58. The van der Waals surface area contributed by atoms with Gasteiger partial charge in [0.2, 0.25) is 10.0 Å². The van der Waals surface area contributed by atoms with Crippen LogP contribution in [0.3, 0.4) is 0 Å². The summed E-state index contributed by atoms with van der Waals surface area (Å²) < 4.78 is 32.1. The van der Waals surface area contributed by atoms with Gasteiger partial charge in [0.05, 0.1) is 10.5 Å². The van der Waals surface area contributed by atoms with Gasteiger partial charge < -0.3 is 10.1 Å². The van der Waals surface area contributed by atoms with E-state index < -0.39 is 28.0 Å². The molecule has 148 valence electrons. The molecule has 0 bridgehead atoms. The van der Waals surface area contributed by atoms with E-state index in [-0.39, 0.29) is 16.5 Å². The molecule has 1 amide bonds. The summed E-state index contributed by atoms with van der Waals surface area (Å²) in [4.78, 5) is 24.6. The van der Waals surface area contributed by atoms with Crippen molar-refractivity contribution in [1.82, 2.24) is 4.72 Å². The van der Waals surface area contributed by atoms with E-state index >= 15 is 0 Å². The van der Waals surface area contributed by atoms with Gasteiger partial charge in [-0.05, 0) is 62.6 Å². The molecule has 1 unspecified atom stereocenters. The largest absolute Gasteiger partial charge is 0.449 e. The Bertz CT molecular complexity index is 982. The average Bonchev–Trinajstić information content (AvgIpc) is 3.47. The topological polar surface area (TPSA) is 102 Å². The first-order valence-corrected chi connectivity index (χ1v) is 10.4. The predicted molar refractivity (Wildman–Crippen MR) is 104 cm³/mol. The van der Waals surface area contributed by atoms with Crippen molar-refractivity contribution in [3.63, 3.8) is 0 Å². The van der Waals surface area contributed by atoms with Crippen LogP contribution in [0.1, 0.15) is 35.7 Å². The molecule has 3 rings (SSSR count). The number of amides is 1. The Kier molecular flexibility index (Phi) is 5.81. The third kappa shape index (κ3) is 4.96. The first-order valence-electron chi connectivity index (χ1n) is 8.96. The lowest BCUT2D eigenvalue weighted by Gasteiger charge is -2.15. The van der Waals surface area contributed by atoms with Gasteiger partial charge in [0.1, 0.15) is 0 Å². The number of aryl methyl sites for hydroxylation is 1. The van der Waals surface area contributed by atoms with E-state index in [1.54, 1.807) is 12.1 Å². The number of hydrogen-bond acceptors (Lipinski definition) is 5. The summed E-state index contributed by atoms with van der Waals surface area (Å²) in [6, 6.07) is 12.7. The molecule has 0 saturated heterocycles. The number of carbonyl (C=O) groups is 2. The number of carbonyl (C=O) groups excluding carboxylic acids is 2. The fraction of sp³-hybridized carbons (Fsp3) is 0.300. The summed E-state index contributed by atoms with van der Waals surface area (Å²) in [7, 11) is -3.58. The zero-order valence-electron chi connectivity index (χ0n) is 15.6. The lowest BCUT2D eigenvalue weighted by atomic mass is 10.2. The van der Waals surface area contributed by atoms with Crippen LogP contribution in [0, 0.1) is 6.92 Å². The number of rotatable bonds is 7. The van der Waals surface area contributed by atoms with E-state index in [2.05, 4.69) is 10.0 Å². The highest BCUT2D eigenvalue weighted by molar-refractivity contribution is 7.89. The maximum absolute atomic E-state index is 12.3. The Morgan fingerprint density at radius 1 is 1.07 bits per heavy atom. The number of para-hydroxylation sites is 1. The molecule has 0 aliphatic heterocycles. The molecule has 1 aliphatic carbocycles. The van der Waals surface area contributed by atoms with Crippen LogP contribution in [0.15, 0.2) is 53.4 Å². The van der Waals surface area contributed by atoms with E-state index in [1.807, 2.05) is 19.1 Å². The summed E-state index contributed by atoms with van der Waals surface area (Å²) in [5, 5.41) is 2.72. The second-order valence-corrected chi connectivity index (χ2v) is 8.49. The van der Waals surface area contributed by atoms with Crippen LogP contribution in [-0.4, -0.2) is 32.4 Å². The van der Waals surface area contributed by atoms with Crippen LogP contribution in [0.25, 0.3) is 0 Å².